The second kappa shape index (κ2) is 6.03. The second-order valence-corrected chi connectivity index (χ2v) is 3.84. The van der Waals surface area contributed by atoms with Crippen molar-refractivity contribution in [3.05, 3.63) is 30.1 Å². The molecule has 1 aliphatic rings. The van der Waals surface area contributed by atoms with Gasteiger partial charge in [0.2, 0.25) is 0 Å². The zero-order valence-electron chi connectivity index (χ0n) is 9.34. The van der Waals surface area contributed by atoms with Gasteiger partial charge in [-0.25, -0.2) is 4.99 Å². The Morgan fingerprint density at radius 2 is 2.31 bits per heavy atom. The molecule has 5 heteroatoms. The van der Waals surface area contributed by atoms with E-state index < -0.39 is 0 Å². The third-order valence-corrected chi connectivity index (χ3v) is 2.59. The largest absolute Gasteiger partial charge is 0.370 e. The summed E-state index contributed by atoms with van der Waals surface area (Å²) in [7, 11) is 1.99. The minimum Gasteiger partial charge on any atom is -0.370 e. The molecule has 1 aromatic heterocycles. The molecule has 2 N–H and O–H groups in total. The Morgan fingerprint density at radius 3 is 2.88 bits per heavy atom. The summed E-state index contributed by atoms with van der Waals surface area (Å²) in [6, 6.07) is 6.41. The molecule has 0 aliphatic heterocycles. The van der Waals surface area contributed by atoms with E-state index in [4.69, 9.17) is 5.73 Å². The van der Waals surface area contributed by atoms with E-state index in [2.05, 4.69) is 9.98 Å². The Bertz CT molecular complexity index is 348. The lowest BCUT2D eigenvalue weighted by Crippen LogP contribution is -2.35. The molecule has 4 nitrogen and oxygen atoms in total. The monoisotopic (exact) mass is 332 g/mol. The molecule has 0 spiro atoms. The fourth-order valence-electron chi connectivity index (χ4n) is 1.41. The molecule has 0 amide bonds. The average Bonchev–Trinajstić information content (AvgIpc) is 3.10. The van der Waals surface area contributed by atoms with Gasteiger partial charge in [-0.1, -0.05) is 6.07 Å². The first-order valence-electron chi connectivity index (χ1n) is 5.20. The summed E-state index contributed by atoms with van der Waals surface area (Å²) in [6.45, 7) is 0.559. The lowest BCUT2D eigenvalue weighted by molar-refractivity contribution is 0.487. The van der Waals surface area contributed by atoms with Gasteiger partial charge in [0, 0.05) is 19.3 Å². The fourth-order valence-corrected chi connectivity index (χ4v) is 1.41. The van der Waals surface area contributed by atoms with Crippen LogP contribution in [0.3, 0.4) is 0 Å². The molecule has 0 atom stereocenters. The van der Waals surface area contributed by atoms with Crippen molar-refractivity contribution in [3.63, 3.8) is 0 Å². The highest BCUT2D eigenvalue weighted by molar-refractivity contribution is 14.0. The van der Waals surface area contributed by atoms with E-state index in [-0.39, 0.29) is 24.0 Å². The molecule has 1 heterocycles. The molecule has 2 rings (SSSR count). The Labute approximate surface area is 113 Å². The Morgan fingerprint density at radius 1 is 1.56 bits per heavy atom. The van der Waals surface area contributed by atoms with Crippen LogP contribution in [0.5, 0.6) is 0 Å². The van der Waals surface area contributed by atoms with Gasteiger partial charge in [0.1, 0.15) is 0 Å². The van der Waals surface area contributed by atoms with E-state index in [1.165, 1.54) is 12.8 Å². The summed E-state index contributed by atoms with van der Waals surface area (Å²) in [4.78, 5) is 10.5. The quantitative estimate of drug-likeness (QED) is 0.520. The molecule has 0 radical (unpaired) electrons. The van der Waals surface area contributed by atoms with Crippen LogP contribution in [0.1, 0.15) is 18.5 Å². The van der Waals surface area contributed by atoms with Crippen molar-refractivity contribution in [1.29, 1.82) is 0 Å². The van der Waals surface area contributed by atoms with Crippen LogP contribution >= 0.6 is 24.0 Å². The van der Waals surface area contributed by atoms with Gasteiger partial charge in [0.05, 0.1) is 12.2 Å². The topological polar surface area (TPSA) is 54.5 Å². The normalized spacial score (nSPS) is 15.4. The van der Waals surface area contributed by atoms with Gasteiger partial charge >= 0.3 is 0 Å². The van der Waals surface area contributed by atoms with E-state index in [1.54, 1.807) is 6.20 Å². The molecule has 88 valence electrons. The number of hydrogen-bond donors (Lipinski definition) is 1. The summed E-state index contributed by atoms with van der Waals surface area (Å²) in [5.74, 6) is 0.614. The van der Waals surface area contributed by atoms with Gasteiger partial charge in [0.15, 0.2) is 5.96 Å². The number of guanidine groups is 1. The summed E-state index contributed by atoms with van der Waals surface area (Å²) < 4.78 is 0. The molecule has 0 aromatic carbocycles. The standard InChI is InChI=1S/C11H16N4.HI/c1-15(10-5-6-10)11(12)14-8-9-4-2-3-7-13-9;/h2-4,7,10H,5-6,8H2,1H3,(H2,12,14);1H. The lowest BCUT2D eigenvalue weighted by atomic mass is 10.3. The van der Waals surface area contributed by atoms with Crippen molar-refractivity contribution >= 4 is 29.9 Å². The molecular formula is C11H17IN4. The Hall–Kier alpha value is -0.850. The molecule has 1 saturated carbocycles. The van der Waals surface area contributed by atoms with Crippen molar-refractivity contribution in [3.8, 4) is 0 Å². The highest BCUT2D eigenvalue weighted by atomic mass is 127. The van der Waals surface area contributed by atoms with Crippen molar-refractivity contribution in [2.24, 2.45) is 10.7 Å². The van der Waals surface area contributed by atoms with Crippen LogP contribution < -0.4 is 5.73 Å². The zero-order chi connectivity index (χ0) is 10.7. The van der Waals surface area contributed by atoms with Crippen LogP contribution in [0, 0.1) is 0 Å². The van der Waals surface area contributed by atoms with Crippen molar-refractivity contribution in [2.75, 3.05) is 7.05 Å². The average molecular weight is 332 g/mol. The molecule has 1 aromatic rings. The Kier molecular flexibility index (Phi) is 4.98. The van der Waals surface area contributed by atoms with Gasteiger partial charge in [-0.2, -0.15) is 0 Å². The third kappa shape index (κ3) is 3.62. The predicted molar refractivity (Wildman–Crippen MR) is 75.8 cm³/mol. The number of nitrogens with two attached hydrogens (primary N) is 1. The number of hydrogen-bond acceptors (Lipinski definition) is 2. The SMILES string of the molecule is CN(C(N)=NCc1ccccn1)C1CC1.I. The van der Waals surface area contributed by atoms with Crippen molar-refractivity contribution in [1.82, 2.24) is 9.88 Å². The number of aliphatic imine (C=N–C) groups is 1. The molecule has 0 bridgehead atoms. The molecule has 1 aliphatic carbocycles. The predicted octanol–water partition coefficient (Wildman–Crippen LogP) is 1.61. The second-order valence-electron chi connectivity index (χ2n) is 3.84. The summed E-state index contributed by atoms with van der Waals surface area (Å²) in [5, 5.41) is 0. The van der Waals surface area contributed by atoms with Crippen LogP contribution in [-0.4, -0.2) is 28.9 Å². The molecule has 16 heavy (non-hydrogen) atoms. The summed E-state index contributed by atoms with van der Waals surface area (Å²) in [5.41, 5.74) is 6.80. The summed E-state index contributed by atoms with van der Waals surface area (Å²) in [6.07, 6.45) is 4.23. The van der Waals surface area contributed by atoms with Gasteiger partial charge < -0.3 is 10.6 Å². The zero-order valence-corrected chi connectivity index (χ0v) is 11.7. The van der Waals surface area contributed by atoms with Crippen LogP contribution in [0.15, 0.2) is 29.4 Å². The van der Waals surface area contributed by atoms with Crippen LogP contribution in [0.2, 0.25) is 0 Å². The highest BCUT2D eigenvalue weighted by Crippen LogP contribution is 2.24. The van der Waals surface area contributed by atoms with Crippen LogP contribution in [-0.2, 0) is 6.54 Å². The maximum Gasteiger partial charge on any atom is 0.191 e. The van der Waals surface area contributed by atoms with E-state index in [1.807, 2.05) is 30.1 Å². The molecular weight excluding hydrogens is 315 g/mol. The van der Waals surface area contributed by atoms with E-state index in [9.17, 15) is 0 Å². The van der Waals surface area contributed by atoms with E-state index >= 15 is 0 Å². The minimum atomic E-state index is 0. The smallest absolute Gasteiger partial charge is 0.191 e. The first-order chi connectivity index (χ1) is 7.27. The first-order valence-corrected chi connectivity index (χ1v) is 5.20. The maximum atomic E-state index is 5.85. The number of aromatic nitrogens is 1. The minimum absolute atomic E-state index is 0. The molecule has 0 saturated heterocycles. The lowest BCUT2D eigenvalue weighted by Gasteiger charge is -2.16. The van der Waals surface area contributed by atoms with Gasteiger partial charge in [0.25, 0.3) is 0 Å². The van der Waals surface area contributed by atoms with Crippen molar-refractivity contribution < 1.29 is 0 Å². The highest BCUT2D eigenvalue weighted by Gasteiger charge is 2.27. The van der Waals surface area contributed by atoms with E-state index in [0.29, 0.717) is 18.5 Å². The van der Waals surface area contributed by atoms with Crippen molar-refractivity contribution in [2.45, 2.75) is 25.4 Å². The maximum absolute atomic E-state index is 5.85. The number of rotatable bonds is 3. The summed E-state index contributed by atoms with van der Waals surface area (Å²) >= 11 is 0. The number of halogens is 1. The van der Waals surface area contributed by atoms with E-state index in [0.717, 1.165) is 5.69 Å². The molecule has 1 fully saturated rings. The third-order valence-electron chi connectivity index (χ3n) is 2.59. The van der Waals surface area contributed by atoms with Crippen LogP contribution in [0.25, 0.3) is 0 Å². The Balaban J connectivity index is 0.00000128. The fraction of sp³-hybridized carbons (Fsp3) is 0.455. The van der Waals surface area contributed by atoms with Gasteiger partial charge in [-0.3, -0.25) is 4.98 Å². The van der Waals surface area contributed by atoms with Gasteiger partial charge in [-0.05, 0) is 25.0 Å². The van der Waals surface area contributed by atoms with Gasteiger partial charge in [-0.15, -0.1) is 24.0 Å². The number of nitrogens with zero attached hydrogens (tertiary/aromatic N) is 3. The molecule has 0 unspecified atom stereocenters. The number of pyridine rings is 1. The van der Waals surface area contributed by atoms with Crippen LogP contribution in [0.4, 0.5) is 0 Å². The first kappa shape index (κ1) is 13.2.